The van der Waals surface area contributed by atoms with Gasteiger partial charge in [0.15, 0.2) is 6.61 Å². The molecule has 148 valence electrons. The summed E-state index contributed by atoms with van der Waals surface area (Å²) in [6.07, 6.45) is 0. The molecule has 0 radical (unpaired) electrons. The molecule has 2 aliphatic heterocycles. The summed E-state index contributed by atoms with van der Waals surface area (Å²) in [5, 5.41) is 0. The topological polar surface area (TPSA) is 32.8 Å². The minimum Gasteiger partial charge on any atom is -0.483 e. The number of ether oxygens (including phenoxy) is 1. The summed E-state index contributed by atoms with van der Waals surface area (Å²) < 4.78 is 20.2. The van der Waals surface area contributed by atoms with Gasteiger partial charge in [0.1, 0.15) is 11.6 Å². The Labute approximate surface area is 173 Å². The number of hydrogen-bond acceptors (Lipinski definition) is 5. The molecule has 7 heteroatoms. The Morgan fingerprint density at radius 3 is 2.43 bits per heavy atom. The molecule has 1 amide bonds. The first-order valence-electron chi connectivity index (χ1n) is 9.44. The van der Waals surface area contributed by atoms with Crippen molar-refractivity contribution >= 4 is 35.1 Å². The van der Waals surface area contributed by atoms with Gasteiger partial charge in [0.2, 0.25) is 0 Å². The maximum Gasteiger partial charge on any atom is 0.260 e. The number of anilines is 1. The van der Waals surface area contributed by atoms with Crippen molar-refractivity contribution in [3.8, 4) is 5.75 Å². The molecule has 2 aromatic carbocycles. The molecule has 0 aliphatic carbocycles. The molecule has 0 N–H and O–H groups in total. The number of rotatable bonds is 5. The van der Waals surface area contributed by atoms with Crippen LogP contribution in [0.1, 0.15) is 10.1 Å². The first-order valence-corrected chi connectivity index (χ1v) is 11.5. The van der Waals surface area contributed by atoms with Gasteiger partial charge in [-0.05, 0) is 18.2 Å². The second-order valence-corrected chi connectivity index (χ2v) is 9.44. The second-order valence-electron chi connectivity index (χ2n) is 6.72. The zero-order chi connectivity index (χ0) is 19.3. The van der Waals surface area contributed by atoms with Crippen LogP contribution >= 0.6 is 23.5 Å². The SMILES string of the molecule is O=C(COc1ccccc1C1SCCS1)N1CCN(c2ccccc2F)CC1. The van der Waals surface area contributed by atoms with Crippen LogP contribution in [0, 0.1) is 5.82 Å². The highest BCUT2D eigenvalue weighted by molar-refractivity contribution is 8.19. The molecule has 4 nitrogen and oxygen atoms in total. The van der Waals surface area contributed by atoms with Crippen molar-refractivity contribution < 1.29 is 13.9 Å². The van der Waals surface area contributed by atoms with Gasteiger partial charge in [0.05, 0.1) is 10.3 Å². The van der Waals surface area contributed by atoms with Crippen molar-refractivity contribution in [2.24, 2.45) is 0 Å². The molecule has 2 saturated heterocycles. The maximum atomic E-state index is 14.0. The Morgan fingerprint density at radius 2 is 1.68 bits per heavy atom. The van der Waals surface area contributed by atoms with Gasteiger partial charge >= 0.3 is 0 Å². The van der Waals surface area contributed by atoms with Crippen molar-refractivity contribution in [1.82, 2.24) is 4.90 Å². The van der Waals surface area contributed by atoms with Gasteiger partial charge in [-0.25, -0.2) is 4.39 Å². The number of carbonyl (C=O) groups is 1. The van der Waals surface area contributed by atoms with Crippen LogP contribution < -0.4 is 9.64 Å². The van der Waals surface area contributed by atoms with Crippen LogP contribution in [-0.2, 0) is 4.79 Å². The van der Waals surface area contributed by atoms with Gasteiger partial charge in [0.25, 0.3) is 5.91 Å². The Balaban J connectivity index is 1.32. The first-order chi connectivity index (χ1) is 13.7. The molecule has 28 heavy (non-hydrogen) atoms. The summed E-state index contributed by atoms with van der Waals surface area (Å²) in [7, 11) is 0. The molecule has 2 heterocycles. The van der Waals surface area contributed by atoms with Crippen molar-refractivity contribution in [1.29, 1.82) is 0 Å². The highest BCUT2D eigenvalue weighted by atomic mass is 32.2. The van der Waals surface area contributed by atoms with E-state index in [-0.39, 0.29) is 18.3 Å². The lowest BCUT2D eigenvalue weighted by Gasteiger charge is -2.36. The van der Waals surface area contributed by atoms with Crippen LogP contribution in [0.3, 0.4) is 0 Å². The highest BCUT2D eigenvalue weighted by Gasteiger charge is 2.25. The number of benzene rings is 2. The zero-order valence-electron chi connectivity index (χ0n) is 15.6. The van der Waals surface area contributed by atoms with Gasteiger partial charge in [-0.2, -0.15) is 0 Å². The minimum atomic E-state index is -0.218. The monoisotopic (exact) mass is 418 g/mol. The number of hydrogen-bond donors (Lipinski definition) is 0. The third kappa shape index (κ3) is 4.41. The first kappa shape index (κ1) is 19.5. The third-order valence-electron chi connectivity index (χ3n) is 4.97. The largest absolute Gasteiger partial charge is 0.483 e. The van der Waals surface area contributed by atoms with E-state index >= 15 is 0 Å². The van der Waals surface area contributed by atoms with Gasteiger partial charge < -0.3 is 14.5 Å². The molecular weight excluding hydrogens is 395 g/mol. The molecule has 0 spiro atoms. The molecule has 2 aliphatic rings. The fraction of sp³-hybridized carbons (Fsp3) is 0.381. The molecule has 0 bridgehead atoms. The number of thioether (sulfide) groups is 2. The molecule has 4 rings (SSSR count). The molecular formula is C21H23FN2O2S2. The van der Waals surface area contributed by atoms with E-state index in [1.54, 1.807) is 17.0 Å². The molecule has 0 atom stereocenters. The van der Waals surface area contributed by atoms with Crippen molar-refractivity contribution in [3.63, 3.8) is 0 Å². The Morgan fingerprint density at radius 1 is 1.00 bits per heavy atom. The number of amides is 1. The smallest absolute Gasteiger partial charge is 0.260 e. The molecule has 2 fully saturated rings. The summed E-state index contributed by atoms with van der Waals surface area (Å²) in [5.41, 5.74) is 1.76. The fourth-order valence-electron chi connectivity index (χ4n) is 3.48. The van der Waals surface area contributed by atoms with E-state index in [9.17, 15) is 9.18 Å². The molecule has 2 aromatic rings. The minimum absolute atomic E-state index is 0.0188. The van der Waals surface area contributed by atoms with E-state index < -0.39 is 0 Å². The van der Waals surface area contributed by atoms with E-state index in [0.717, 1.165) is 22.8 Å². The Bertz CT molecular complexity index is 822. The second kappa shape index (κ2) is 9.09. The van der Waals surface area contributed by atoms with E-state index in [1.165, 1.54) is 6.07 Å². The van der Waals surface area contributed by atoms with Crippen LogP contribution in [0.25, 0.3) is 0 Å². The van der Waals surface area contributed by atoms with Gasteiger partial charge in [0, 0.05) is 43.2 Å². The summed E-state index contributed by atoms with van der Waals surface area (Å²) >= 11 is 3.85. The van der Waals surface area contributed by atoms with Gasteiger partial charge in [-0.15, -0.1) is 23.5 Å². The molecule has 0 saturated carbocycles. The lowest BCUT2D eigenvalue weighted by atomic mass is 10.2. The lowest BCUT2D eigenvalue weighted by molar-refractivity contribution is -0.133. The summed E-state index contributed by atoms with van der Waals surface area (Å²) in [5.74, 6) is 2.86. The average Bonchev–Trinajstić information content (AvgIpc) is 3.27. The van der Waals surface area contributed by atoms with Crippen LogP contribution in [-0.4, -0.2) is 55.1 Å². The number of carbonyl (C=O) groups excluding carboxylic acids is 1. The number of para-hydroxylation sites is 2. The Kier molecular flexibility index (Phi) is 6.32. The average molecular weight is 419 g/mol. The predicted molar refractivity (Wildman–Crippen MR) is 115 cm³/mol. The Hall–Kier alpha value is -1.86. The van der Waals surface area contributed by atoms with Gasteiger partial charge in [-0.1, -0.05) is 30.3 Å². The maximum absolute atomic E-state index is 14.0. The van der Waals surface area contributed by atoms with E-state index in [4.69, 9.17) is 4.74 Å². The van der Waals surface area contributed by atoms with E-state index in [2.05, 4.69) is 6.07 Å². The van der Waals surface area contributed by atoms with Crippen LogP contribution in [0.4, 0.5) is 10.1 Å². The summed E-state index contributed by atoms with van der Waals surface area (Å²) in [6, 6.07) is 14.8. The van der Waals surface area contributed by atoms with E-state index in [0.29, 0.717) is 36.4 Å². The number of halogens is 1. The van der Waals surface area contributed by atoms with Crippen molar-refractivity contribution in [2.45, 2.75) is 4.58 Å². The van der Waals surface area contributed by atoms with Crippen LogP contribution in [0.2, 0.25) is 0 Å². The van der Waals surface area contributed by atoms with Crippen LogP contribution in [0.5, 0.6) is 5.75 Å². The highest BCUT2D eigenvalue weighted by Crippen LogP contribution is 2.48. The summed E-state index contributed by atoms with van der Waals surface area (Å²) in [4.78, 5) is 16.4. The number of nitrogens with zero attached hydrogens (tertiary/aromatic N) is 2. The lowest BCUT2D eigenvalue weighted by Crippen LogP contribution is -2.50. The predicted octanol–water partition coefficient (Wildman–Crippen LogP) is 4.03. The quantitative estimate of drug-likeness (QED) is 0.732. The third-order valence-corrected chi connectivity index (χ3v) is 8.04. The standard InChI is InChI=1S/C21H23FN2O2S2/c22-17-6-2-3-7-18(17)23-9-11-24(12-10-23)20(25)15-26-19-8-4-1-5-16(19)21-27-13-14-28-21/h1-8,21H,9-15H2. The van der Waals surface area contributed by atoms with E-state index in [1.807, 2.05) is 52.7 Å². The summed E-state index contributed by atoms with van der Waals surface area (Å²) in [6.45, 7) is 2.44. The number of piperazine rings is 1. The normalized spacial score (nSPS) is 17.8. The zero-order valence-corrected chi connectivity index (χ0v) is 17.2. The van der Waals surface area contributed by atoms with Crippen LogP contribution in [0.15, 0.2) is 48.5 Å². The van der Waals surface area contributed by atoms with Gasteiger partial charge in [-0.3, -0.25) is 4.79 Å². The van der Waals surface area contributed by atoms with Crippen molar-refractivity contribution in [3.05, 3.63) is 59.9 Å². The molecule has 0 unspecified atom stereocenters. The van der Waals surface area contributed by atoms with Crippen molar-refractivity contribution in [2.75, 3.05) is 49.2 Å². The fourth-order valence-corrected chi connectivity index (χ4v) is 6.39. The molecule has 0 aromatic heterocycles.